The Kier molecular flexibility index (Phi) is 9.09. The van der Waals surface area contributed by atoms with Crippen molar-refractivity contribution in [1.29, 1.82) is 0 Å². The number of hydrogen-bond acceptors (Lipinski definition) is 6. The molecule has 1 amide bonds. The minimum Gasteiger partial charge on any atom is -0.543 e. The van der Waals surface area contributed by atoms with Gasteiger partial charge in [-0.15, -0.1) is 6.58 Å². The second kappa shape index (κ2) is 11.4. The highest BCUT2D eigenvalue weighted by Gasteiger charge is 2.69. The molecule has 1 aromatic carbocycles. The fraction of sp³-hybridized carbons (Fsp3) is 0.606. The lowest BCUT2D eigenvalue weighted by atomic mass is 9.76. The average molecular weight is 584 g/mol. The SMILES string of the molecule is C=C[C@H](C)[C@H]1C(C)=C[C@@]2(CC)C(=O)C(C)(C(=O)OCC)C(=O)N2c2cc(O[Si](C(C)C)(C(C)C)C(C)C)cc(O)c21. The fourth-order valence-electron chi connectivity index (χ4n) is 7.59. The van der Waals surface area contributed by atoms with Crippen molar-refractivity contribution in [3.05, 3.63) is 42.0 Å². The second-order valence-corrected chi connectivity index (χ2v) is 18.2. The van der Waals surface area contributed by atoms with Crippen LogP contribution in [0.25, 0.3) is 0 Å². The van der Waals surface area contributed by atoms with Gasteiger partial charge >= 0.3 is 5.97 Å². The molecule has 41 heavy (non-hydrogen) atoms. The first-order chi connectivity index (χ1) is 19.0. The molecule has 4 atom stereocenters. The van der Waals surface area contributed by atoms with Gasteiger partial charge in [-0.3, -0.25) is 19.3 Å². The molecule has 0 radical (unpaired) electrons. The molecular formula is C33H49NO6Si. The van der Waals surface area contributed by atoms with E-state index in [4.69, 9.17) is 9.16 Å². The van der Waals surface area contributed by atoms with Gasteiger partial charge in [-0.05, 0) is 49.7 Å². The van der Waals surface area contributed by atoms with E-state index in [-0.39, 0.29) is 47.2 Å². The van der Waals surface area contributed by atoms with E-state index in [0.717, 1.165) is 5.57 Å². The number of phenols is 1. The van der Waals surface area contributed by atoms with Crippen LogP contribution >= 0.6 is 0 Å². The monoisotopic (exact) mass is 583 g/mol. The van der Waals surface area contributed by atoms with Gasteiger partial charge in [0.1, 0.15) is 17.0 Å². The van der Waals surface area contributed by atoms with Crippen LogP contribution in [0.15, 0.2) is 36.4 Å². The number of fused-ring (bicyclic) bond motifs is 3. The van der Waals surface area contributed by atoms with Crippen LogP contribution < -0.4 is 9.33 Å². The Morgan fingerprint density at radius 3 is 2.12 bits per heavy atom. The minimum absolute atomic E-state index is 0.0139. The van der Waals surface area contributed by atoms with E-state index in [1.807, 2.05) is 32.9 Å². The summed E-state index contributed by atoms with van der Waals surface area (Å²) in [5, 5.41) is 11.7. The molecule has 2 aliphatic rings. The maximum atomic E-state index is 14.4. The fourth-order valence-corrected chi connectivity index (χ4v) is 12.8. The zero-order valence-electron chi connectivity index (χ0n) is 26.8. The van der Waals surface area contributed by atoms with Gasteiger partial charge in [0.25, 0.3) is 14.2 Å². The predicted molar refractivity (Wildman–Crippen MR) is 166 cm³/mol. The van der Waals surface area contributed by atoms with Gasteiger partial charge in [0.15, 0.2) is 5.78 Å². The summed E-state index contributed by atoms with van der Waals surface area (Å²) >= 11 is 0. The van der Waals surface area contributed by atoms with E-state index in [1.54, 1.807) is 19.1 Å². The number of rotatable bonds is 10. The molecule has 0 aromatic heterocycles. The van der Waals surface area contributed by atoms with Gasteiger partial charge in [0, 0.05) is 23.6 Å². The summed E-state index contributed by atoms with van der Waals surface area (Å²) in [4.78, 5) is 43.4. The molecule has 0 spiro atoms. The van der Waals surface area contributed by atoms with Gasteiger partial charge in [-0.25, -0.2) is 0 Å². The summed E-state index contributed by atoms with van der Waals surface area (Å²) in [6.45, 7) is 25.9. The number of hydrogen-bond donors (Lipinski definition) is 1. The summed E-state index contributed by atoms with van der Waals surface area (Å²) in [5.41, 5.74) is -0.894. The van der Waals surface area contributed by atoms with Gasteiger partial charge in [-0.1, -0.05) is 73.1 Å². The van der Waals surface area contributed by atoms with Crippen LogP contribution in [-0.2, 0) is 19.1 Å². The van der Waals surface area contributed by atoms with Crippen LogP contribution in [0.4, 0.5) is 5.69 Å². The maximum Gasteiger partial charge on any atom is 0.329 e. The van der Waals surface area contributed by atoms with Crippen molar-refractivity contribution in [1.82, 2.24) is 0 Å². The Morgan fingerprint density at radius 1 is 1.10 bits per heavy atom. The van der Waals surface area contributed by atoms with E-state index in [0.29, 0.717) is 17.0 Å². The zero-order chi connectivity index (χ0) is 31.2. The van der Waals surface area contributed by atoms with E-state index < -0.39 is 36.9 Å². The number of allylic oxidation sites excluding steroid dienone is 2. The topological polar surface area (TPSA) is 93.1 Å². The van der Waals surface area contributed by atoms with Crippen molar-refractivity contribution in [3.63, 3.8) is 0 Å². The predicted octanol–water partition coefficient (Wildman–Crippen LogP) is 7.45. The quantitative estimate of drug-likeness (QED) is 0.133. The van der Waals surface area contributed by atoms with Crippen molar-refractivity contribution in [2.75, 3.05) is 11.5 Å². The third kappa shape index (κ3) is 4.66. The number of Topliss-reactive ketones (excluding diaryl/α,β-unsaturated/α-hetero) is 1. The Morgan fingerprint density at radius 2 is 1.66 bits per heavy atom. The first-order valence-electron chi connectivity index (χ1n) is 15.0. The molecule has 8 heteroatoms. The number of nitrogens with zero attached hydrogens (tertiary/aromatic N) is 1. The summed E-state index contributed by atoms with van der Waals surface area (Å²) in [7, 11) is -2.44. The van der Waals surface area contributed by atoms with Crippen molar-refractivity contribution in [3.8, 4) is 11.5 Å². The van der Waals surface area contributed by atoms with Crippen LogP contribution in [0.5, 0.6) is 11.5 Å². The molecule has 1 fully saturated rings. The number of ketones is 1. The number of amides is 1. The average Bonchev–Trinajstić information content (AvgIpc) is 2.98. The normalized spacial score (nSPS) is 25.2. The Bertz CT molecular complexity index is 1240. The lowest BCUT2D eigenvalue weighted by Crippen LogP contribution is -2.51. The molecule has 1 aromatic rings. The Hall–Kier alpha value is -2.87. The minimum atomic E-state index is -2.44. The number of phenolic OH excluding ortho intramolecular Hbond substituents is 1. The van der Waals surface area contributed by atoms with Gasteiger partial charge in [0.2, 0.25) is 5.41 Å². The van der Waals surface area contributed by atoms with E-state index >= 15 is 0 Å². The lowest BCUT2D eigenvalue weighted by Gasteiger charge is -2.42. The number of carbonyl (C=O) groups is 3. The molecule has 1 unspecified atom stereocenters. The molecule has 7 nitrogen and oxygen atoms in total. The summed E-state index contributed by atoms with van der Waals surface area (Å²) in [6, 6.07) is 3.45. The number of esters is 1. The first-order valence-corrected chi connectivity index (χ1v) is 17.1. The summed E-state index contributed by atoms with van der Waals surface area (Å²) in [6.07, 6.45) is 3.87. The van der Waals surface area contributed by atoms with Crippen molar-refractivity contribution >= 4 is 31.7 Å². The molecule has 1 N–H and O–H groups in total. The molecule has 2 aliphatic heterocycles. The van der Waals surface area contributed by atoms with E-state index in [9.17, 15) is 19.5 Å². The maximum absolute atomic E-state index is 14.4. The standard InChI is InChI=1S/C33H49NO6Si/c1-13-22(10)27-23(11)18-33(14-2)29(36)32(12,31(38)39-15-3)30(37)34(33)25-16-24(17-26(35)28(25)27)40-41(19(4)5,20(6)7)21(8)9/h13,16-22,27,35H,1,14-15H2,2-12H3/t22-,27-,32?,33-/m0/s1. The highest BCUT2D eigenvalue weighted by atomic mass is 28.4. The largest absolute Gasteiger partial charge is 0.543 e. The summed E-state index contributed by atoms with van der Waals surface area (Å²) in [5.74, 6) is -2.05. The number of benzene rings is 1. The highest BCUT2D eigenvalue weighted by molar-refractivity contribution is 6.78. The molecule has 0 bridgehead atoms. The number of ether oxygens (including phenoxy) is 1. The molecule has 3 rings (SSSR count). The smallest absolute Gasteiger partial charge is 0.329 e. The van der Waals surface area contributed by atoms with Crippen molar-refractivity contribution in [2.24, 2.45) is 11.3 Å². The molecule has 0 aliphatic carbocycles. The third-order valence-corrected chi connectivity index (χ3v) is 15.6. The third-order valence-electron chi connectivity index (χ3n) is 9.62. The second-order valence-electron chi connectivity index (χ2n) is 12.8. The zero-order valence-corrected chi connectivity index (χ0v) is 27.8. The van der Waals surface area contributed by atoms with E-state index in [2.05, 4.69) is 48.1 Å². The van der Waals surface area contributed by atoms with Crippen molar-refractivity contribution < 1.29 is 28.7 Å². The van der Waals surface area contributed by atoms with Crippen LogP contribution in [-0.4, -0.2) is 43.2 Å². The van der Waals surface area contributed by atoms with Gasteiger partial charge < -0.3 is 14.3 Å². The summed E-state index contributed by atoms with van der Waals surface area (Å²) < 4.78 is 12.2. The Labute approximate surface area is 247 Å². The number of carbonyl (C=O) groups excluding carboxylic acids is 3. The molecule has 1 saturated heterocycles. The number of aromatic hydroxyl groups is 1. The lowest BCUT2D eigenvalue weighted by molar-refractivity contribution is -0.160. The molecule has 0 saturated carbocycles. The van der Waals surface area contributed by atoms with E-state index in [1.165, 1.54) is 11.8 Å². The van der Waals surface area contributed by atoms with Crippen LogP contribution in [0.3, 0.4) is 0 Å². The van der Waals surface area contributed by atoms with Crippen LogP contribution in [0, 0.1) is 11.3 Å². The van der Waals surface area contributed by atoms with Crippen LogP contribution in [0.2, 0.25) is 16.6 Å². The Balaban J connectivity index is 2.44. The first kappa shape index (κ1) is 32.6. The highest BCUT2D eigenvalue weighted by Crippen LogP contribution is 2.56. The van der Waals surface area contributed by atoms with Crippen LogP contribution in [0.1, 0.15) is 94.1 Å². The molecule has 226 valence electrons. The molecule has 2 heterocycles. The molecular weight excluding hydrogens is 534 g/mol. The van der Waals surface area contributed by atoms with Gasteiger partial charge in [0.05, 0.1) is 12.3 Å². The van der Waals surface area contributed by atoms with Crippen molar-refractivity contribution in [2.45, 2.75) is 111 Å². The number of anilines is 1. The van der Waals surface area contributed by atoms with Gasteiger partial charge in [-0.2, -0.15) is 0 Å².